The van der Waals surface area contributed by atoms with Gasteiger partial charge in [0.05, 0.1) is 23.3 Å². The third-order valence-corrected chi connectivity index (χ3v) is 4.08. The lowest BCUT2D eigenvalue weighted by atomic mass is 10.2. The van der Waals surface area contributed by atoms with Crippen LogP contribution in [0.5, 0.6) is 0 Å². The smallest absolute Gasteiger partial charge is 0.333 e. The maximum absolute atomic E-state index is 13.6. The number of pyridine rings is 1. The molecule has 0 aliphatic carbocycles. The van der Waals surface area contributed by atoms with E-state index in [9.17, 15) is 18.4 Å². The molecule has 140 valence electrons. The second-order valence-corrected chi connectivity index (χ2v) is 5.90. The van der Waals surface area contributed by atoms with Crippen molar-refractivity contribution >= 4 is 17.1 Å². The number of nitrogen functional groups attached to an aromatic ring is 1. The molecule has 0 fully saturated rings. The Hall–Kier alpha value is -3.53. The highest BCUT2D eigenvalue weighted by Gasteiger charge is 2.21. The minimum atomic E-state index is -1.18. The number of hydrazine groups is 1. The summed E-state index contributed by atoms with van der Waals surface area (Å²) in [4.78, 5) is 31.8. The molecule has 0 atom stereocenters. The monoisotopic (exact) mass is 374 g/mol. The number of aryl methyl sites for hydroxylation is 2. The molecule has 8 nitrogen and oxygen atoms in total. The van der Waals surface area contributed by atoms with Gasteiger partial charge in [0.25, 0.3) is 5.56 Å². The molecule has 0 unspecified atom stereocenters. The average Bonchev–Trinajstić information content (AvgIpc) is 2.59. The van der Waals surface area contributed by atoms with Crippen molar-refractivity contribution < 1.29 is 8.78 Å². The molecule has 0 saturated heterocycles. The van der Waals surface area contributed by atoms with Crippen molar-refractivity contribution in [1.82, 2.24) is 14.5 Å². The maximum Gasteiger partial charge on any atom is 0.333 e. The lowest BCUT2D eigenvalue weighted by Crippen LogP contribution is -2.41. The first-order valence-electron chi connectivity index (χ1n) is 7.78. The van der Waals surface area contributed by atoms with Crippen LogP contribution >= 0.6 is 0 Å². The van der Waals surface area contributed by atoms with Crippen LogP contribution < -0.4 is 27.8 Å². The highest BCUT2D eigenvalue weighted by atomic mass is 19.2. The van der Waals surface area contributed by atoms with Crippen molar-refractivity contribution in [2.45, 2.75) is 13.8 Å². The van der Waals surface area contributed by atoms with E-state index in [0.717, 1.165) is 21.7 Å². The largest absolute Gasteiger partial charge is 0.397 e. The summed E-state index contributed by atoms with van der Waals surface area (Å²) >= 11 is 0. The number of halogens is 2. The highest BCUT2D eigenvalue weighted by Crippen LogP contribution is 2.29. The number of H-pyrrole nitrogens is 1. The Labute approximate surface area is 151 Å². The predicted octanol–water partition coefficient (Wildman–Crippen LogP) is 1.41. The number of aromatic nitrogens is 3. The molecular formula is C17H16F2N6O2. The summed E-state index contributed by atoms with van der Waals surface area (Å²) in [5.41, 5.74) is 4.82. The quantitative estimate of drug-likeness (QED) is 0.362. The van der Waals surface area contributed by atoms with E-state index in [0.29, 0.717) is 5.56 Å². The molecule has 0 radical (unpaired) electrons. The molecular weight excluding hydrogens is 358 g/mol. The Morgan fingerprint density at radius 2 is 1.85 bits per heavy atom. The Morgan fingerprint density at radius 1 is 1.19 bits per heavy atom. The molecule has 0 bridgehead atoms. The number of anilines is 3. The van der Waals surface area contributed by atoms with Crippen LogP contribution in [0.4, 0.5) is 25.8 Å². The fourth-order valence-electron chi connectivity index (χ4n) is 2.71. The van der Waals surface area contributed by atoms with Crippen molar-refractivity contribution in [3.8, 4) is 5.69 Å². The Bertz CT molecular complexity index is 1160. The molecule has 1 aromatic carbocycles. The van der Waals surface area contributed by atoms with Crippen LogP contribution in [-0.4, -0.2) is 14.5 Å². The molecule has 2 aromatic heterocycles. The van der Waals surface area contributed by atoms with E-state index in [1.54, 1.807) is 13.0 Å². The number of aromatic amines is 1. The molecule has 3 rings (SSSR count). The molecule has 0 aliphatic rings. The SMILES string of the molecule is Cc1ccncc1-n1c(=O)[nH]c(C)c(N(N)c2cc(F)c(F)cc2N)c1=O. The number of hydrogen-bond acceptors (Lipinski definition) is 6. The number of nitrogens with zero attached hydrogens (tertiary/aromatic N) is 3. The third-order valence-electron chi connectivity index (χ3n) is 4.08. The van der Waals surface area contributed by atoms with E-state index in [1.807, 2.05) is 0 Å². The Balaban J connectivity index is 2.28. The van der Waals surface area contributed by atoms with Gasteiger partial charge in [-0.25, -0.2) is 24.0 Å². The Kier molecular flexibility index (Phi) is 4.50. The second-order valence-electron chi connectivity index (χ2n) is 5.90. The van der Waals surface area contributed by atoms with Crippen molar-refractivity contribution in [3.63, 3.8) is 0 Å². The summed E-state index contributed by atoms with van der Waals surface area (Å²) < 4.78 is 27.8. The molecule has 0 amide bonds. The van der Waals surface area contributed by atoms with Crippen LogP contribution in [0.25, 0.3) is 5.69 Å². The lowest BCUT2D eigenvalue weighted by molar-refractivity contribution is 0.509. The number of benzene rings is 1. The first-order valence-corrected chi connectivity index (χ1v) is 7.78. The molecule has 3 aromatic rings. The minimum absolute atomic E-state index is 0.129. The van der Waals surface area contributed by atoms with Gasteiger partial charge in [0, 0.05) is 24.0 Å². The summed E-state index contributed by atoms with van der Waals surface area (Å²) in [6.07, 6.45) is 2.88. The van der Waals surface area contributed by atoms with E-state index < -0.39 is 22.9 Å². The van der Waals surface area contributed by atoms with E-state index in [-0.39, 0.29) is 28.4 Å². The van der Waals surface area contributed by atoms with Crippen LogP contribution in [0.2, 0.25) is 0 Å². The number of nitrogens with two attached hydrogens (primary N) is 2. The van der Waals surface area contributed by atoms with Gasteiger partial charge in [-0.2, -0.15) is 0 Å². The predicted molar refractivity (Wildman–Crippen MR) is 97.0 cm³/mol. The van der Waals surface area contributed by atoms with Gasteiger partial charge in [-0.3, -0.25) is 14.8 Å². The highest BCUT2D eigenvalue weighted by molar-refractivity contribution is 5.74. The van der Waals surface area contributed by atoms with Crippen LogP contribution in [0.1, 0.15) is 11.3 Å². The van der Waals surface area contributed by atoms with Gasteiger partial charge in [0.1, 0.15) is 5.69 Å². The summed E-state index contributed by atoms with van der Waals surface area (Å²) in [7, 11) is 0. The molecule has 10 heteroatoms. The number of nitrogens with one attached hydrogen (secondary N) is 1. The number of rotatable bonds is 3. The van der Waals surface area contributed by atoms with Crippen molar-refractivity contribution in [2.24, 2.45) is 5.84 Å². The minimum Gasteiger partial charge on any atom is -0.397 e. The lowest BCUT2D eigenvalue weighted by Gasteiger charge is -2.22. The fourth-order valence-corrected chi connectivity index (χ4v) is 2.71. The average molecular weight is 374 g/mol. The fraction of sp³-hybridized carbons (Fsp3) is 0.118. The van der Waals surface area contributed by atoms with Crippen molar-refractivity contribution in [2.75, 3.05) is 10.7 Å². The molecule has 0 aliphatic heterocycles. The number of hydrogen-bond donors (Lipinski definition) is 3. The molecule has 2 heterocycles. The van der Waals surface area contributed by atoms with Gasteiger partial charge in [0.2, 0.25) is 0 Å². The zero-order chi connectivity index (χ0) is 19.9. The second kappa shape index (κ2) is 6.65. The van der Waals surface area contributed by atoms with Crippen LogP contribution in [-0.2, 0) is 0 Å². The zero-order valence-corrected chi connectivity index (χ0v) is 14.5. The van der Waals surface area contributed by atoms with Crippen molar-refractivity contribution in [1.29, 1.82) is 0 Å². The van der Waals surface area contributed by atoms with Gasteiger partial charge in [-0.15, -0.1) is 0 Å². The summed E-state index contributed by atoms with van der Waals surface area (Å²) in [5, 5.41) is 0.813. The molecule has 5 N–H and O–H groups in total. The topological polar surface area (TPSA) is 123 Å². The summed E-state index contributed by atoms with van der Waals surface area (Å²) in [5.74, 6) is 3.66. The van der Waals surface area contributed by atoms with Crippen LogP contribution in [0, 0.1) is 25.5 Å². The van der Waals surface area contributed by atoms with E-state index in [1.165, 1.54) is 19.3 Å². The normalized spacial score (nSPS) is 10.9. The van der Waals surface area contributed by atoms with Gasteiger partial charge in [-0.1, -0.05) is 0 Å². The van der Waals surface area contributed by atoms with Crippen LogP contribution in [0.3, 0.4) is 0 Å². The van der Waals surface area contributed by atoms with E-state index in [2.05, 4.69) is 9.97 Å². The van der Waals surface area contributed by atoms with Crippen LogP contribution in [0.15, 0.2) is 40.2 Å². The standard InChI is InChI=1S/C17H16F2N6O2/c1-8-3-4-22-7-14(8)24-16(26)15(9(2)23-17(24)27)25(21)13-6-11(19)10(18)5-12(13)20/h3-7H,20-21H2,1-2H3,(H,23,27). The van der Waals surface area contributed by atoms with Gasteiger partial charge < -0.3 is 10.7 Å². The molecule has 0 spiro atoms. The maximum atomic E-state index is 13.6. The zero-order valence-electron chi connectivity index (χ0n) is 14.5. The summed E-state index contributed by atoms with van der Waals surface area (Å²) in [6.45, 7) is 3.16. The first kappa shape index (κ1) is 18.3. The van der Waals surface area contributed by atoms with E-state index in [4.69, 9.17) is 11.6 Å². The van der Waals surface area contributed by atoms with E-state index >= 15 is 0 Å². The van der Waals surface area contributed by atoms with Crippen molar-refractivity contribution in [3.05, 3.63) is 74.3 Å². The Morgan fingerprint density at radius 3 is 2.52 bits per heavy atom. The first-order chi connectivity index (χ1) is 12.7. The van der Waals surface area contributed by atoms with Gasteiger partial charge in [0.15, 0.2) is 11.6 Å². The van der Waals surface area contributed by atoms with Gasteiger partial charge >= 0.3 is 5.69 Å². The summed E-state index contributed by atoms with van der Waals surface area (Å²) in [6, 6.07) is 3.16. The molecule has 0 saturated carbocycles. The molecule has 27 heavy (non-hydrogen) atoms. The third kappa shape index (κ3) is 3.06. The van der Waals surface area contributed by atoms with Gasteiger partial charge in [-0.05, 0) is 25.5 Å².